The summed E-state index contributed by atoms with van der Waals surface area (Å²) in [6.45, 7) is 1.22. The topological polar surface area (TPSA) is 66.0 Å². The van der Waals surface area contributed by atoms with Crippen molar-refractivity contribution >= 4 is 5.91 Å². The second-order valence-electron chi connectivity index (χ2n) is 7.60. The van der Waals surface area contributed by atoms with Crippen molar-refractivity contribution in [2.75, 3.05) is 27.9 Å². The Kier molecular flexibility index (Phi) is 6.50. The van der Waals surface area contributed by atoms with Crippen molar-refractivity contribution in [3.05, 3.63) is 71.3 Å². The molecule has 1 aliphatic heterocycles. The van der Waals surface area contributed by atoms with E-state index in [1.807, 2.05) is 18.2 Å². The average Bonchev–Trinajstić information content (AvgIpc) is 3.30. The van der Waals surface area contributed by atoms with Gasteiger partial charge in [0, 0.05) is 13.0 Å². The molecule has 0 fully saturated rings. The Morgan fingerprint density at radius 2 is 1.56 bits per heavy atom. The van der Waals surface area contributed by atoms with E-state index in [1.54, 1.807) is 33.5 Å². The molecule has 0 saturated carbocycles. The van der Waals surface area contributed by atoms with Gasteiger partial charge in [-0.2, -0.15) is 0 Å². The minimum absolute atomic E-state index is 0.0815. The maximum atomic E-state index is 12.5. The summed E-state index contributed by atoms with van der Waals surface area (Å²) in [4.78, 5) is 12.5. The Labute approximate surface area is 188 Å². The second-order valence-corrected chi connectivity index (χ2v) is 7.60. The number of benzene rings is 3. The molecule has 1 heterocycles. The predicted octanol–water partition coefficient (Wildman–Crippen LogP) is 4.17. The molecule has 1 N–H and O–H groups in total. The lowest BCUT2D eigenvalue weighted by atomic mass is 10.0. The third kappa shape index (κ3) is 4.64. The lowest BCUT2D eigenvalue weighted by Gasteiger charge is -2.14. The number of rotatable bonds is 8. The molecule has 0 aliphatic carbocycles. The van der Waals surface area contributed by atoms with Gasteiger partial charge in [-0.15, -0.1) is 0 Å². The quantitative estimate of drug-likeness (QED) is 0.578. The maximum Gasteiger partial charge on any atom is 0.224 e. The van der Waals surface area contributed by atoms with Crippen LogP contribution < -0.4 is 24.3 Å². The smallest absolute Gasteiger partial charge is 0.224 e. The van der Waals surface area contributed by atoms with E-state index in [0.717, 1.165) is 35.5 Å². The van der Waals surface area contributed by atoms with E-state index in [9.17, 15) is 4.79 Å². The van der Waals surface area contributed by atoms with E-state index in [4.69, 9.17) is 18.9 Å². The fraction of sp³-hybridized carbons (Fsp3) is 0.269. The van der Waals surface area contributed by atoms with Gasteiger partial charge in [0.25, 0.3) is 0 Å². The van der Waals surface area contributed by atoms with Crippen LogP contribution in [0.4, 0.5) is 0 Å². The lowest BCUT2D eigenvalue weighted by molar-refractivity contribution is -0.120. The van der Waals surface area contributed by atoms with Crippen LogP contribution in [0, 0.1) is 0 Å². The summed E-state index contributed by atoms with van der Waals surface area (Å²) in [6.07, 6.45) is 1.17. The van der Waals surface area contributed by atoms with Gasteiger partial charge in [0.05, 0.1) is 34.4 Å². The highest BCUT2D eigenvalue weighted by atomic mass is 16.5. The predicted molar refractivity (Wildman–Crippen MR) is 123 cm³/mol. The average molecular weight is 434 g/mol. The summed E-state index contributed by atoms with van der Waals surface area (Å²) >= 11 is 0. The van der Waals surface area contributed by atoms with Crippen LogP contribution in [-0.2, 0) is 24.2 Å². The molecule has 0 radical (unpaired) electrons. The lowest BCUT2D eigenvalue weighted by Crippen LogP contribution is -2.24. The highest BCUT2D eigenvalue weighted by Gasteiger charge is 2.15. The Balaban J connectivity index is 1.37. The summed E-state index contributed by atoms with van der Waals surface area (Å²) in [6, 6.07) is 18.1. The Morgan fingerprint density at radius 3 is 2.22 bits per heavy atom. The number of amides is 1. The van der Waals surface area contributed by atoms with Crippen LogP contribution in [0.2, 0.25) is 0 Å². The van der Waals surface area contributed by atoms with E-state index < -0.39 is 0 Å². The van der Waals surface area contributed by atoms with Gasteiger partial charge in [0.15, 0.2) is 11.5 Å². The molecule has 0 unspecified atom stereocenters. The molecule has 0 bridgehead atoms. The van der Waals surface area contributed by atoms with Crippen LogP contribution >= 0.6 is 0 Å². The van der Waals surface area contributed by atoms with Crippen LogP contribution in [0.25, 0.3) is 11.1 Å². The van der Waals surface area contributed by atoms with Crippen molar-refractivity contribution in [3.63, 3.8) is 0 Å². The standard InChI is InChI=1S/C26H27NO5/c1-29-23-12-18(13-24(30-2)26(23)31-3)14-25(28)27-16-17-4-6-19(7-5-17)20-8-9-22-21(15-20)10-11-32-22/h4-9,12-13,15H,10-11,14,16H2,1-3H3,(H,27,28). The van der Waals surface area contributed by atoms with Crippen molar-refractivity contribution < 1.29 is 23.7 Å². The summed E-state index contributed by atoms with van der Waals surface area (Å²) < 4.78 is 21.6. The molecule has 0 spiro atoms. The van der Waals surface area contributed by atoms with Crippen LogP contribution in [0.15, 0.2) is 54.6 Å². The molecule has 0 aromatic heterocycles. The van der Waals surface area contributed by atoms with Gasteiger partial charge in [-0.1, -0.05) is 30.3 Å². The molecule has 0 atom stereocenters. The molecule has 3 aromatic carbocycles. The highest BCUT2D eigenvalue weighted by molar-refractivity contribution is 5.79. The van der Waals surface area contributed by atoms with Gasteiger partial charge < -0.3 is 24.3 Å². The first kappa shape index (κ1) is 21.6. The summed E-state index contributed by atoms with van der Waals surface area (Å²) in [5, 5.41) is 2.98. The van der Waals surface area contributed by atoms with Crippen LogP contribution in [0.1, 0.15) is 16.7 Å². The Hall–Kier alpha value is -3.67. The van der Waals surface area contributed by atoms with Gasteiger partial charge in [-0.05, 0) is 52.1 Å². The van der Waals surface area contributed by atoms with Crippen molar-refractivity contribution in [3.8, 4) is 34.1 Å². The molecule has 6 heteroatoms. The number of hydrogen-bond donors (Lipinski definition) is 1. The number of hydrogen-bond acceptors (Lipinski definition) is 5. The number of fused-ring (bicyclic) bond motifs is 1. The largest absolute Gasteiger partial charge is 0.493 e. The molecular weight excluding hydrogens is 406 g/mol. The molecule has 166 valence electrons. The zero-order valence-corrected chi connectivity index (χ0v) is 18.6. The highest BCUT2D eigenvalue weighted by Crippen LogP contribution is 2.38. The van der Waals surface area contributed by atoms with Crippen molar-refractivity contribution in [1.82, 2.24) is 5.32 Å². The SMILES string of the molecule is COc1cc(CC(=O)NCc2ccc(-c3ccc4c(c3)CCO4)cc2)cc(OC)c1OC. The summed E-state index contributed by atoms with van der Waals surface area (Å²) in [7, 11) is 4.67. The molecule has 0 saturated heterocycles. The van der Waals surface area contributed by atoms with E-state index in [1.165, 1.54) is 11.1 Å². The molecule has 1 amide bonds. The first-order valence-electron chi connectivity index (χ1n) is 10.5. The fourth-order valence-electron chi connectivity index (χ4n) is 3.87. The Morgan fingerprint density at radius 1 is 0.875 bits per heavy atom. The van der Waals surface area contributed by atoms with Crippen LogP contribution in [0.3, 0.4) is 0 Å². The molecule has 4 rings (SSSR count). The normalized spacial score (nSPS) is 12.0. The molecule has 32 heavy (non-hydrogen) atoms. The number of carbonyl (C=O) groups excluding carboxylic acids is 1. The van der Waals surface area contributed by atoms with E-state index in [-0.39, 0.29) is 12.3 Å². The summed E-state index contributed by atoms with van der Waals surface area (Å²) in [5.74, 6) is 2.48. The number of nitrogens with one attached hydrogen (secondary N) is 1. The number of methoxy groups -OCH3 is 3. The number of carbonyl (C=O) groups is 1. The van der Waals surface area contributed by atoms with Gasteiger partial charge >= 0.3 is 0 Å². The third-order valence-corrected chi connectivity index (χ3v) is 5.56. The molecule has 6 nitrogen and oxygen atoms in total. The first-order chi connectivity index (χ1) is 15.6. The molecule has 3 aromatic rings. The monoisotopic (exact) mass is 433 g/mol. The maximum absolute atomic E-state index is 12.5. The van der Waals surface area contributed by atoms with Crippen molar-refractivity contribution in [2.45, 2.75) is 19.4 Å². The third-order valence-electron chi connectivity index (χ3n) is 5.56. The first-order valence-corrected chi connectivity index (χ1v) is 10.5. The van der Waals surface area contributed by atoms with Gasteiger partial charge in [-0.25, -0.2) is 0 Å². The van der Waals surface area contributed by atoms with Gasteiger partial charge in [0.2, 0.25) is 11.7 Å². The zero-order chi connectivity index (χ0) is 22.5. The van der Waals surface area contributed by atoms with Gasteiger partial charge in [-0.3, -0.25) is 4.79 Å². The number of ether oxygens (including phenoxy) is 4. The van der Waals surface area contributed by atoms with Crippen molar-refractivity contribution in [1.29, 1.82) is 0 Å². The second kappa shape index (κ2) is 9.64. The van der Waals surface area contributed by atoms with E-state index >= 15 is 0 Å². The minimum Gasteiger partial charge on any atom is -0.493 e. The fourth-order valence-corrected chi connectivity index (χ4v) is 3.87. The van der Waals surface area contributed by atoms with Crippen LogP contribution in [0.5, 0.6) is 23.0 Å². The Bertz CT molecular complexity index is 1080. The molecule has 1 aliphatic rings. The molecular formula is C26H27NO5. The van der Waals surface area contributed by atoms with E-state index in [2.05, 4.69) is 29.6 Å². The van der Waals surface area contributed by atoms with Gasteiger partial charge in [0.1, 0.15) is 5.75 Å². The minimum atomic E-state index is -0.0815. The van der Waals surface area contributed by atoms with Crippen molar-refractivity contribution in [2.24, 2.45) is 0 Å². The summed E-state index contributed by atoms with van der Waals surface area (Å²) in [5.41, 5.74) is 5.40. The zero-order valence-electron chi connectivity index (χ0n) is 18.6. The van der Waals surface area contributed by atoms with Crippen LogP contribution in [-0.4, -0.2) is 33.8 Å². The van der Waals surface area contributed by atoms with E-state index in [0.29, 0.717) is 23.8 Å².